The summed E-state index contributed by atoms with van der Waals surface area (Å²) in [5, 5.41) is 8.39. The van der Waals surface area contributed by atoms with Crippen molar-refractivity contribution in [2.75, 3.05) is 25.3 Å². The molecular weight excluding hydrogens is 475 g/mol. The minimum Gasteiger partial charge on any atom is -0.493 e. The number of carbonyl (C=O) groups excluding carboxylic acids is 1. The number of methoxy groups -OCH3 is 2. The van der Waals surface area contributed by atoms with Crippen LogP contribution in [0.4, 0.5) is 11.4 Å². The molecule has 0 aliphatic carbocycles. The Labute approximate surface area is 201 Å². The molecule has 35 heavy (non-hydrogen) atoms. The molecule has 4 rings (SSSR count). The Morgan fingerprint density at radius 3 is 2.23 bits per heavy atom. The third-order valence-electron chi connectivity index (χ3n) is 4.83. The van der Waals surface area contributed by atoms with E-state index in [4.69, 9.17) is 34.5 Å². The van der Waals surface area contributed by atoms with Crippen LogP contribution in [-0.2, 0) is 11.1 Å². The number of amides is 1. The summed E-state index contributed by atoms with van der Waals surface area (Å²) in [5.74, 6) is 1.10. The van der Waals surface area contributed by atoms with E-state index in [0.29, 0.717) is 35.0 Å². The van der Waals surface area contributed by atoms with Gasteiger partial charge in [-0.1, -0.05) is 24.3 Å². The lowest BCUT2D eigenvalue weighted by molar-refractivity contribution is 0.102. The van der Waals surface area contributed by atoms with Crippen molar-refractivity contribution < 1.29 is 33.5 Å². The Balaban J connectivity index is 0.000000623. The van der Waals surface area contributed by atoms with Gasteiger partial charge in [-0.05, 0) is 35.9 Å². The molecule has 0 aliphatic heterocycles. The van der Waals surface area contributed by atoms with Crippen molar-refractivity contribution in [3.8, 4) is 11.5 Å². The van der Waals surface area contributed by atoms with E-state index in [1.165, 1.54) is 0 Å². The highest BCUT2D eigenvalue weighted by Crippen LogP contribution is 2.31. The van der Waals surface area contributed by atoms with Crippen LogP contribution >= 0.6 is 7.82 Å². The average molecular weight is 500 g/mol. The smallest absolute Gasteiger partial charge is 0.466 e. The van der Waals surface area contributed by atoms with Gasteiger partial charge in [-0.3, -0.25) is 9.48 Å². The molecule has 0 saturated carbocycles. The van der Waals surface area contributed by atoms with Gasteiger partial charge in [0, 0.05) is 23.2 Å². The normalized spacial score (nSPS) is 10.9. The summed E-state index contributed by atoms with van der Waals surface area (Å²) in [4.78, 5) is 34.0. The minimum atomic E-state index is -4.64. The van der Waals surface area contributed by atoms with Gasteiger partial charge in [-0.25, -0.2) is 4.57 Å². The Morgan fingerprint density at radius 1 is 1.03 bits per heavy atom. The van der Waals surface area contributed by atoms with Crippen molar-refractivity contribution in [3.05, 3.63) is 78.0 Å². The number of rotatable bonds is 6. The molecule has 0 radical (unpaired) electrons. The number of nitrogens with two attached hydrogens (primary N) is 1. The van der Waals surface area contributed by atoms with Crippen LogP contribution in [0.1, 0.15) is 15.9 Å². The maximum absolute atomic E-state index is 12.5. The first-order valence-electron chi connectivity index (χ1n) is 10.2. The number of hydrogen-bond acceptors (Lipinski definition) is 6. The molecule has 1 heterocycles. The maximum Gasteiger partial charge on any atom is 0.466 e. The van der Waals surface area contributed by atoms with Crippen LogP contribution in [0.5, 0.6) is 11.5 Å². The summed E-state index contributed by atoms with van der Waals surface area (Å²) in [6, 6.07) is 18.3. The molecule has 0 fully saturated rings. The third kappa shape index (κ3) is 7.29. The number of carbonyl (C=O) groups is 1. The lowest BCUT2D eigenvalue weighted by atomic mass is 10.1. The van der Waals surface area contributed by atoms with E-state index in [1.807, 2.05) is 47.3 Å². The first kappa shape index (κ1) is 25.7. The molecule has 0 atom stereocenters. The van der Waals surface area contributed by atoms with E-state index in [1.54, 1.807) is 38.5 Å². The van der Waals surface area contributed by atoms with E-state index in [0.717, 1.165) is 16.5 Å². The number of fused-ring (bicyclic) bond motifs is 1. The molecule has 3 aromatic carbocycles. The zero-order chi connectivity index (χ0) is 25.6. The van der Waals surface area contributed by atoms with Crippen molar-refractivity contribution in [3.63, 3.8) is 0 Å². The second-order valence-corrected chi connectivity index (χ2v) is 8.37. The lowest BCUT2D eigenvalue weighted by Crippen LogP contribution is -2.13. The van der Waals surface area contributed by atoms with Crippen LogP contribution in [0.15, 0.2) is 66.9 Å². The molecule has 11 nitrogen and oxygen atoms in total. The van der Waals surface area contributed by atoms with Gasteiger partial charge in [-0.2, -0.15) is 5.10 Å². The van der Waals surface area contributed by atoms with Crippen LogP contribution in [0.3, 0.4) is 0 Å². The number of hydrogen-bond donors (Lipinski definition) is 5. The fourth-order valence-electron chi connectivity index (χ4n) is 3.24. The number of nitrogen functional groups attached to an aromatic ring is 1. The van der Waals surface area contributed by atoms with Gasteiger partial charge in [0.05, 0.1) is 37.7 Å². The molecule has 1 aromatic heterocycles. The Morgan fingerprint density at radius 2 is 1.63 bits per heavy atom. The van der Waals surface area contributed by atoms with Gasteiger partial charge in [0.1, 0.15) is 0 Å². The van der Waals surface area contributed by atoms with Crippen molar-refractivity contribution in [1.82, 2.24) is 9.78 Å². The van der Waals surface area contributed by atoms with Crippen molar-refractivity contribution in [1.29, 1.82) is 0 Å². The van der Waals surface area contributed by atoms with Gasteiger partial charge in [0.25, 0.3) is 5.91 Å². The first-order valence-corrected chi connectivity index (χ1v) is 11.8. The van der Waals surface area contributed by atoms with Gasteiger partial charge in [0.15, 0.2) is 11.5 Å². The molecule has 4 aromatic rings. The molecular formula is C23H25N4O7P. The lowest BCUT2D eigenvalue weighted by Gasteiger charge is -2.08. The number of phosphoric acid groups is 1. The van der Waals surface area contributed by atoms with Crippen LogP contribution in [0, 0.1) is 0 Å². The second-order valence-electron chi connectivity index (χ2n) is 7.34. The number of ether oxygens (including phenoxy) is 2. The maximum atomic E-state index is 12.5. The number of nitrogens with one attached hydrogen (secondary N) is 1. The third-order valence-corrected chi connectivity index (χ3v) is 4.83. The van der Waals surface area contributed by atoms with Crippen LogP contribution < -0.4 is 20.5 Å². The number of aromatic nitrogens is 2. The molecule has 12 heteroatoms. The second kappa shape index (κ2) is 11.0. The van der Waals surface area contributed by atoms with Crippen molar-refractivity contribution in [2.24, 2.45) is 0 Å². The summed E-state index contributed by atoms with van der Waals surface area (Å²) in [6.45, 7) is 0.576. The summed E-state index contributed by atoms with van der Waals surface area (Å²) in [7, 11) is -1.43. The molecule has 1 amide bonds. The molecule has 6 N–H and O–H groups in total. The quantitative estimate of drug-likeness (QED) is 0.197. The minimum absolute atomic E-state index is 0.205. The largest absolute Gasteiger partial charge is 0.493 e. The van der Waals surface area contributed by atoms with Gasteiger partial charge in [0.2, 0.25) is 0 Å². The Bertz CT molecular complexity index is 1320. The summed E-state index contributed by atoms with van der Waals surface area (Å²) in [5.41, 5.74) is 9.42. The van der Waals surface area contributed by atoms with Crippen molar-refractivity contribution in [2.45, 2.75) is 6.54 Å². The number of para-hydroxylation sites is 2. The van der Waals surface area contributed by atoms with Crippen LogP contribution in [0.2, 0.25) is 0 Å². The molecule has 0 bridgehead atoms. The van der Waals surface area contributed by atoms with E-state index >= 15 is 0 Å². The van der Waals surface area contributed by atoms with Crippen LogP contribution in [0.25, 0.3) is 10.9 Å². The SMILES string of the molecule is COc1cc2cn(Cc3ccc(C(=O)Nc4ccccc4N)cc3)nc2cc1OC.O=P(O)(O)O. The number of benzene rings is 3. The first-order chi connectivity index (χ1) is 16.6. The summed E-state index contributed by atoms with van der Waals surface area (Å²) in [6.07, 6.45) is 1.95. The summed E-state index contributed by atoms with van der Waals surface area (Å²) >= 11 is 0. The number of nitrogens with zero attached hydrogens (tertiary/aromatic N) is 2. The van der Waals surface area contributed by atoms with Gasteiger partial charge < -0.3 is 35.2 Å². The van der Waals surface area contributed by atoms with E-state index in [2.05, 4.69) is 10.4 Å². The van der Waals surface area contributed by atoms with E-state index in [-0.39, 0.29) is 5.91 Å². The molecule has 0 spiro atoms. The number of anilines is 2. The molecule has 0 aliphatic rings. The highest BCUT2D eigenvalue weighted by molar-refractivity contribution is 7.45. The van der Waals surface area contributed by atoms with Gasteiger partial charge >= 0.3 is 7.82 Å². The highest BCUT2D eigenvalue weighted by Gasteiger charge is 2.11. The van der Waals surface area contributed by atoms with Gasteiger partial charge in [-0.15, -0.1) is 0 Å². The zero-order valence-electron chi connectivity index (χ0n) is 19.0. The predicted molar refractivity (Wildman–Crippen MR) is 131 cm³/mol. The average Bonchev–Trinajstić information content (AvgIpc) is 3.20. The molecule has 184 valence electrons. The topological polar surface area (TPSA) is 169 Å². The van der Waals surface area contributed by atoms with Crippen molar-refractivity contribution >= 4 is 36.0 Å². The standard InChI is InChI=1S/C23H22N4O3.H3O4P/c1-29-21-11-17-14-27(26-20(17)12-22(21)30-2)13-15-7-9-16(10-8-15)23(28)25-19-6-4-3-5-18(19)24;1-5(2,3)4/h3-12,14H,13,24H2,1-2H3,(H,25,28);(H3,1,2,3,4). The van der Waals surface area contributed by atoms with Crippen LogP contribution in [-0.4, -0.2) is 44.6 Å². The summed E-state index contributed by atoms with van der Waals surface area (Å²) < 4.78 is 21.4. The van der Waals surface area contributed by atoms with E-state index in [9.17, 15) is 4.79 Å². The molecule has 0 unspecified atom stereocenters. The monoisotopic (exact) mass is 500 g/mol. The zero-order valence-corrected chi connectivity index (χ0v) is 19.8. The fraction of sp³-hybridized carbons (Fsp3) is 0.130. The van der Waals surface area contributed by atoms with E-state index < -0.39 is 7.82 Å². The Hall–Kier alpha value is -3.89. The fourth-order valence-corrected chi connectivity index (χ4v) is 3.24. The Kier molecular flexibility index (Phi) is 8.10. The highest BCUT2D eigenvalue weighted by atomic mass is 31.2. The molecule has 0 saturated heterocycles. The predicted octanol–water partition coefficient (Wildman–Crippen LogP) is 3.01.